The third-order valence-corrected chi connectivity index (χ3v) is 4.42. The number of halogens is 1. The van der Waals surface area contributed by atoms with Crippen LogP contribution >= 0.6 is 0 Å². The maximum Gasteiger partial charge on any atom is 0.198 e. The van der Waals surface area contributed by atoms with E-state index in [1.165, 1.54) is 7.11 Å². The highest BCUT2D eigenvalue weighted by molar-refractivity contribution is 5.71. The van der Waals surface area contributed by atoms with Crippen molar-refractivity contribution in [2.45, 2.75) is 13.3 Å². The quantitative estimate of drug-likeness (QED) is 0.601. The van der Waals surface area contributed by atoms with Gasteiger partial charge < -0.3 is 10.5 Å². The monoisotopic (exact) mass is 363 g/mol. The van der Waals surface area contributed by atoms with Gasteiger partial charge in [0.1, 0.15) is 0 Å². The Kier molecular flexibility index (Phi) is 4.19. The molecule has 0 unspecified atom stereocenters. The second-order valence-electron chi connectivity index (χ2n) is 6.18. The molecule has 2 N–H and O–H groups in total. The van der Waals surface area contributed by atoms with Gasteiger partial charge in [0.15, 0.2) is 28.9 Å². The number of nitrogen functional groups attached to an aromatic ring is 1. The molecule has 0 saturated carbocycles. The van der Waals surface area contributed by atoms with Crippen molar-refractivity contribution < 1.29 is 9.13 Å². The average molecular weight is 363 g/mol. The van der Waals surface area contributed by atoms with E-state index in [1.54, 1.807) is 22.7 Å². The van der Waals surface area contributed by atoms with Gasteiger partial charge in [-0.1, -0.05) is 36.4 Å². The van der Waals surface area contributed by atoms with Crippen molar-refractivity contribution in [1.29, 1.82) is 0 Å². The van der Waals surface area contributed by atoms with Crippen molar-refractivity contribution >= 4 is 11.5 Å². The molecule has 136 valence electrons. The molecule has 0 fully saturated rings. The van der Waals surface area contributed by atoms with Gasteiger partial charge in [0.2, 0.25) is 0 Å². The van der Waals surface area contributed by atoms with Crippen molar-refractivity contribution in [3.05, 3.63) is 71.4 Å². The number of benzene rings is 2. The predicted molar refractivity (Wildman–Crippen MR) is 101 cm³/mol. The zero-order valence-corrected chi connectivity index (χ0v) is 15.0. The van der Waals surface area contributed by atoms with Crippen LogP contribution in [0.2, 0.25) is 0 Å². The first-order valence-electron chi connectivity index (χ1n) is 8.47. The lowest BCUT2D eigenvalue weighted by Crippen LogP contribution is -2.06. The molecule has 0 spiro atoms. The van der Waals surface area contributed by atoms with Crippen molar-refractivity contribution in [2.24, 2.45) is 0 Å². The van der Waals surface area contributed by atoms with E-state index in [4.69, 9.17) is 10.5 Å². The van der Waals surface area contributed by atoms with Gasteiger partial charge in [-0.05, 0) is 24.6 Å². The van der Waals surface area contributed by atoms with Crippen molar-refractivity contribution in [3.8, 4) is 17.0 Å². The number of nitrogens with zero attached hydrogens (tertiary/aromatic N) is 4. The Hall–Kier alpha value is -3.48. The molecule has 27 heavy (non-hydrogen) atoms. The first-order valence-corrected chi connectivity index (χ1v) is 8.47. The highest BCUT2D eigenvalue weighted by Gasteiger charge is 2.19. The van der Waals surface area contributed by atoms with Crippen LogP contribution in [0.1, 0.15) is 17.1 Å². The van der Waals surface area contributed by atoms with E-state index in [0.29, 0.717) is 34.8 Å². The Morgan fingerprint density at radius 3 is 2.59 bits per heavy atom. The van der Waals surface area contributed by atoms with Gasteiger partial charge in [-0.15, -0.1) is 0 Å². The molecule has 6 nitrogen and oxygen atoms in total. The molecule has 2 aromatic carbocycles. The molecule has 0 aliphatic heterocycles. The van der Waals surface area contributed by atoms with E-state index < -0.39 is 5.82 Å². The van der Waals surface area contributed by atoms with E-state index in [-0.39, 0.29) is 11.6 Å². The Balaban J connectivity index is 1.84. The highest BCUT2D eigenvalue weighted by atomic mass is 19.1. The fourth-order valence-corrected chi connectivity index (χ4v) is 3.07. The summed E-state index contributed by atoms with van der Waals surface area (Å²) >= 11 is 0. The lowest BCUT2D eigenvalue weighted by Gasteiger charge is -2.11. The first kappa shape index (κ1) is 17.0. The minimum absolute atomic E-state index is 0.149. The standard InChI is InChI=1S/C20H18FN5O/c1-12-18(14-9-6-10-15(27-2)17(14)21)24-19(22)20-23-16(25-26(12)20)11-13-7-4-3-5-8-13/h3-10H,11H2,1-2H3,(H2,22,24). The Morgan fingerprint density at radius 1 is 1.07 bits per heavy atom. The molecule has 0 atom stereocenters. The maximum atomic E-state index is 14.7. The van der Waals surface area contributed by atoms with Crippen LogP contribution in [0.4, 0.5) is 10.2 Å². The molecule has 0 aliphatic carbocycles. The SMILES string of the molecule is COc1cccc(-c2nc(N)c3nc(Cc4ccccc4)nn3c2C)c1F. The second kappa shape index (κ2) is 6.68. The van der Waals surface area contributed by atoms with Gasteiger partial charge >= 0.3 is 0 Å². The van der Waals surface area contributed by atoms with Gasteiger partial charge in [0, 0.05) is 12.0 Å². The molecule has 2 aromatic heterocycles. The summed E-state index contributed by atoms with van der Waals surface area (Å²) in [4.78, 5) is 8.89. The van der Waals surface area contributed by atoms with E-state index in [0.717, 1.165) is 5.56 Å². The summed E-state index contributed by atoms with van der Waals surface area (Å²) < 4.78 is 21.4. The van der Waals surface area contributed by atoms with Crippen LogP contribution in [-0.2, 0) is 6.42 Å². The van der Waals surface area contributed by atoms with Crippen LogP contribution in [0.5, 0.6) is 5.75 Å². The molecule has 2 heterocycles. The molecule has 0 amide bonds. The van der Waals surface area contributed by atoms with Crippen LogP contribution in [-0.4, -0.2) is 26.7 Å². The molecular formula is C20H18FN5O. The molecule has 0 aliphatic rings. The molecular weight excluding hydrogens is 345 g/mol. The van der Waals surface area contributed by atoms with Gasteiger partial charge in [-0.2, -0.15) is 5.10 Å². The number of aryl methyl sites for hydroxylation is 1. The summed E-state index contributed by atoms with van der Waals surface area (Å²) in [7, 11) is 1.42. The summed E-state index contributed by atoms with van der Waals surface area (Å²) in [6.45, 7) is 1.81. The molecule has 7 heteroatoms. The van der Waals surface area contributed by atoms with Crippen molar-refractivity contribution in [1.82, 2.24) is 19.6 Å². The second-order valence-corrected chi connectivity index (χ2v) is 6.18. The molecule has 4 rings (SSSR count). The maximum absolute atomic E-state index is 14.7. The highest BCUT2D eigenvalue weighted by Crippen LogP contribution is 2.31. The summed E-state index contributed by atoms with van der Waals surface area (Å²) in [5.41, 5.74) is 9.03. The zero-order valence-electron chi connectivity index (χ0n) is 15.0. The van der Waals surface area contributed by atoms with Gasteiger partial charge in [-0.25, -0.2) is 18.9 Å². The Bertz CT molecular complexity index is 1120. The number of nitrogens with two attached hydrogens (primary N) is 1. The lowest BCUT2D eigenvalue weighted by molar-refractivity contribution is 0.387. The number of hydrogen-bond acceptors (Lipinski definition) is 5. The molecule has 0 radical (unpaired) electrons. The number of anilines is 1. The number of rotatable bonds is 4. The minimum Gasteiger partial charge on any atom is -0.494 e. The third-order valence-electron chi connectivity index (χ3n) is 4.42. The summed E-state index contributed by atoms with van der Waals surface area (Å²) in [6, 6.07) is 14.8. The van der Waals surface area contributed by atoms with Crippen molar-refractivity contribution in [2.75, 3.05) is 12.8 Å². The van der Waals surface area contributed by atoms with Gasteiger partial charge in [0.25, 0.3) is 0 Å². The van der Waals surface area contributed by atoms with E-state index in [1.807, 2.05) is 37.3 Å². The Morgan fingerprint density at radius 2 is 1.85 bits per heavy atom. The van der Waals surface area contributed by atoms with E-state index >= 15 is 0 Å². The van der Waals surface area contributed by atoms with Gasteiger partial charge in [-0.3, -0.25) is 0 Å². The Labute approximate surface area is 155 Å². The molecule has 0 saturated heterocycles. The van der Waals surface area contributed by atoms with Crippen LogP contribution in [0, 0.1) is 12.7 Å². The minimum atomic E-state index is -0.487. The summed E-state index contributed by atoms with van der Waals surface area (Å²) in [5.74, 6) is 0.486. The first-order chi connectivity index (χ1) is 13.1. The normalized spacial score (nSPS) is 11.1. The van der Waals surface area contributed by atoms with Crippen LogP contribution in [0.15, 0.2) is 48.5 Å². The summed E-state index contributed by atoms with van der Waals surface area (Å²) in [6.07, 6.45) is 0.574. The zero-order chi connectivity index (χ0) is 19.0. The number of hydrogen-bond donors (Lipinski definition) is 1. The predicted octanol–water partition coefficient (Wildman–Crippen LogP) is 3.42. The number of methoxy groups -OCH3 is 1. The van der Waals surface area contributed by atoms with Crippen LogP contribution in [0.3, 0.4) is 0 Å². The van der Waals surface area contributed by atoms with Crippen molar-refractivity contribution in [3.63, 3.8) is 0 Å². The fourth-order valence-electron chi connectivity index (χ4n) is 3.07. The smallest absolute Gasteiger partial charge is 0.198 e. The van der Waals surface area contributed by atoms with E-state index in [2.05, 4.69) is 15.1 Å². The van der Waals surface area contributed by atoms with Gasteiger partial charge in [0.05, 0.1) is 18.5 Å². The van der Waals surface area contributed by atoms with E-state index in [9.17, 15) is 4.39 Å². The summed E-state index contributed by atoms with van der Waals surface area (Å²) in [5, 5.41) is 4.56. The average Bonchev–Trinajstić information content (AvgIpc) is 3.11. The lowest BCUT2D eigenvalue weighted by atomic mass is 10.1. The molecule has 0 bridgehead atoms. The number of aromatic nitrogens is 4. The number of fused-ring (bicyclic) bond motifs is 1. The largest absolute Gasteiger partial charge is 0.494 e. The fraction of sp³-hybridized carbons (Fsp3) is 0.150. The topological polar surface area (TPSA) is 78.3 Å². The number of ether oxygens (including phenoxy) is 1. The third kappa shape index (κ3) is 2.97. The molecule has 4 aromatic rings. The van der Waals surface area contributed by atoms with Crippen LogP contribution in [0.25, 0.3) is 16.9 Å². The van der Waals surface area contributed by atoms with Crippen LogP contribution < -0.4 is 10.5 Å².